The van der Waals surface area contributed by atoms with Crippen molar-refractivity contribution in [2.75, 3.05) is 12.4 Å². The van der Waals surface area contributed by atoms with E-state index in [0.717, 1.165) is 49.7 Å². The van der Waals surface area contributed by atoms with Crippen molar-refractivity contribution in [3.8, 4) is 17.0 Å². The van der Waals surface area contributed by atoms with Crippen LogP contribution in [0.25, 0.3) is 44.0 Å². The Morgan fingerprint density at radius 2 is 1.85 bits per heavy atom. The first-order valence-corrected chi connectivity index (χ1v) is 10.9. The molecule has 2 aromatic carbocycles. The van der Waals surface area contributed by atoms with E-state index in [9.17, 15) is 4.79 Å². The molecule has 0 radical (unpaired) electrons. The Balaban J connectivity index is 1.39. The summed E-state index contributed by atoms with van der Waals surface area (Å²) in [5.74, 6) is 1.16. The van der Waals surface area contributed by atoms with E-state index in [4.69, 9.17) is 4.74 Å². The number of carbonyl (C=O) groups is 1. The molecule has 0 fully saturated rings. The van der Waals surface area contributed by atoms with Crippen molar-refractivity contribution in [2.45, 2.75) is 6.54 Å². The van der Waals surface area contributed by atoms with Crippen LogP contribution in [0, 0.1) is 0 Å². The van der Waals surface area contributed by atoms with E-state index in [2.05, 4.69) is 26.3 Å². The fraction of sp³-hybridized carbons (Fsp3) is 0.0741. The Bertz CT molecular complexity index is 1640. The Morgan fingerprint density at radius 3 is 2.74 bits per heavy atom. The molecular weight excluding hydrogens is 426 g/mol. The van der Waals surface area contributed by atoms with Gasteiger partial charge in [-0.3, -0.25) is 4.79 Å². The molecule has 0 bridgehead atoms. The van der Waals surface area contributed by atoms with Crippen LogP contribution in [0.3, 0.4) is 0 Å². The second-order valence-electron chi connectivity index (χ2n) is 8.11. The zero-order valence-electron chi connectivity index (χ0n) is 18.4. The zero-order chi connectivity index (χ0) is 23.1. The van der Waals surface area contributed by atoms with Crippen molar-refractivity contribution >= 4 is 44.4 Å². The molecule has 0 aliphatic heterocycles. The van der Waals surface area contributed by atoms with E-state index in [1.165, 1.54) is 0 Å². The van der Waals surface area contributed by atoms with Gasteiger partial charge in [-0.2, -0.15) is 0 Å². The lowest BCUT2D eigenvalue weighted by molar-refractivity contribution is -0.116. The van der Waals surface area contributed by atoms with Crippen molar-refractivity contribution in [1.29, 1.82) is 0 Å². The van der Waals surface area contributed by atoms with Gasteiger partial charge in [0.1, 0.15) is 23.8 Å². The highest BCUT2D eigenvalue weighted by Gasteiger charge is 2.16. The molecule has 0 unspecified atom stereocenters. The van der Waals surface area contributed by atoms with Crippen molar-refractivity contribution in [3.63, 3.8) is 0 Å². The van der Waals surface area contributed by atoms with Crippen LogP contribution in [0.2, 0.25) is 0 Å². The van der Waals surface area contributed by atoms with Gasteiger partial charge in [-0.15, -0.1) is 0 Å². The molecule has 2 N–H and O–H groups in total. The maximum absolute atomic E-state index is 13.1. The Morgan fingerprint density at radius 1 is 0.971 bits per heavy atom. The predicted molar refractivity (Wildman–Crippen MR) is 134 cm³/mol. The molecule has 7 nitrogen and oxygen atoms in total. The number of carbonyl (C=O) groups excluding carboxylic acids is 1. The molecule has 0 saturated carbocycles. The lowest BCUT2D eigenvalue weighted by Crippen LogP contribution is -2.19. The number of fused-ring (bicyclic) bond motifs is 3. The molecule has 6 aromatic rings. The summed E-state index contributed by atoms with van der Waals surface area (Å²) in [4.78, 5) is 25.2. The van der Waals surface area contributed by atoms with Crippen LogP contribution in [-0.2, 0) is 11.3 Å². The maximum Gasteiger partial charge on any atom is 0.245 e. The summed E-state index contributed by atoms with van der Waals surface area (Å²) < 4.78 is 7.41. The van der Waals surface area contributed by atoms with Gasteiger partial charge in [0.2, 0.25) is 5.91 Å². The van der Waals surface area contributed by atoms with Crippen LogP contribution in [0.15, 0.2) is 85.3 Å². The maximum atomic E-state index is 13.1. The van der Waals surface area contributed by atoms with Crippen molar-refractivity contribution in [2.24, 2.45) is 0 Å². The molecule has 0 spiro atoms. The van der Waals surface area contributed by atoms with Gasteiger partial charge in [0, 0.05) is 51.5 Å². The van der Waals surface area contributed by atoms with E-state index in [-0.39, 0.29) is 12.5 Å². The number of ether oxygens (including phenoxy) is 1. The number of hydrogen-bond donors (Lipinski definition) is 2. The number of H-pyrrole nitrogens is 1. The number of nitrogens with zero attached hydrogens (tertiary/aromatic N) is 3. The van der Waals surface area contributed by atoms with Gasteiger partial charge >= 0.3 is 0 Å². The molecule has 0 saturated heterocycles. The van der Waals surface area contributed by atoms with Gasteiger partial charge in [-0.05, 0) is 47.9 Å². The first-order chi connectivity index (χ1) is 16.7. The van der Waals surface area contributed by atoms with Crippen LogP contribution < -0.4 is 10.1 Å². The standard InChI is InChI=1S/C27H21N5O2/c1-34-19-8-9-24-21(14-19)22(23-13-18-6-4-11-28-26(18)30-23)15-32(24)16-25(33)31-27-20-7-3-2-5-17(20)10-12-29-27/h2-15H,16H2,1H3,(H,28,30)(H,29,31,33). The zero-order valence-corrected chi connectivity index (χ0v) is 18.4. The number of aromatic nitrogens is 4. The van der Waals surface area contributed by atoms with Gasteiger partial charge in [0.05, 0.1) is 7.11 Å². The van der Waals surface area contributed by atoms with Crippen LogP contribution in [-0.4, -0.2) is 32.5 Å². The van der Waals surface area contributed by atoms with E-state index < -0.39 is 0 Å². The summed E-state index contributed by atoms with van der Waals surface area (Å²) in [6.07, 6.45) is 5.46. The predicted octanol–water partition coefficient (Wildman–Crippen LogP) is 5.38. The molecule has 6 rings (SSSR count). The number of rotatable bonds is 5. The van der Waals surface area contributed by atoms with Crippen LogP contribution in [0.5, 0.6) is 5.75 Å². The van der Waals surface area contributed by atoms with Gasteiger partial charge in [-0.1, -0.05) is 24.3 Å². The fourth-order valence-electron chi connectivity index (χ4n) is 4.40. The molecule has 0 aliphatic rings. The lowest BCUT2D eigenvalue weighted by Gasteiger charge is -2.09. The average molecular weight is 447 g/mol. The van der Waals surface area contributed by atoms with E-state index >= 15 is 0 Å². The summed E-state index contributed by atoms with van der Waals surface area (Å²) >= 11 is 0. The quantitative estimate of drug-likeness (QED) is 0.372. The minimum Gasteiger partial charge on any atom is -0.497 e. The number of benzene rings is 2. The van der Waals surface area contributed by atoms with E-state index in [0.29, 0.717) is 5.82 Å². The minimum absolute atomic E-state index is 0.145. The number of nitrogens with one attached hydrogen (secondary N) is 2. The highest BCUT2D eigenvalue weighted by molar-refractivity contribution is 6.02. The summed E-state index contributed by atoms with van der Waals surface area (Å²) in [5, 5.41) is 6.93. The monoisotopic (exact) mass is 447 g/mol. The molecule has 4 heterocycles. The first kappa shape index (κ1) is 20.0. The second-order valence-corrected chi connectivity index (χ2v) is 8.11. The molecule has 7 heteroatoms. The Kier molecular flexibility index (Phi) is 4.73. The molecule has 166 valence electrons. The Hall–Kier alpha value is -4.65. The topological polar surface area (TPSA) is 84.8 Å². The molecule has 1 amide bonds. The summed E-state index contributed by atoms with van der Waals surface area (Å²) in [7, 11) is 1.65. The summed E-state index contributed by atoms with van der Waals surface area (Å²) in [6.45, 7) is 0.145. The molecule has 0 atom stereocenters. The third-order valence-corrected chi connectivity index (χ3v) is 6.02. The SMILES string of the molecule is COc1ccc2c(c1)c(-c1cc3cccnc3[nH]1)cn2CC(=O)Nc1nccc2ccccc12. The molecule has 4 aromatic heterocycles. The highest BCUT2D eigenvalue weighted by atomic mass is 16.5. The normalized spacial score (nSPS) is 11.3. The molecule has 34 heavy (non-hydrogen) atoms. The smallest absolute Gasteiger partial charge is 0.245 e. The van der Waals surface area contributed by atoms with Crippen LogP contribution >= 0.6 is 0 Å². The third-order valence-electron chi connectivity index (χ3n) is 6.02. The lowest BCUT2D eigenvalue weighted by atomic mass is 10.1. The van der Waals surface area contributed by atoms with Crippen molar-refractivity contribution < 1.29 is 9.53 Å². The van der Waals surface area contributed by atoms with Crippen molar-refractivity contribution in [3.05, 3.63) is 85.3 Å². The highest BCUT2D eigenvalue weighted by Crippen LogP contribution is 2.34. The van der Waals surface area contributed by atoms with Gasteiger partial charge in [0.15, 0.2) is 0 Å². The van der Waals surface area contributed by atoms with Crippen molar-refractivity contribution in [1.82, 2.24) is 19.5 Å². The Labute approximate surface area is 195 Å². The van der Waals surface area contributed by atoms with Gasteiger partial charge in [0.25, 0.3) is 0 Å². The number of methoxy groups -OCH3 is 1. The fourth-order valence-corrected chi connectivity index (χ4v) is 4.40. The number of hydrogen-bond acceptors (Lipinski definition) is 4. The first-order valence-electron chi connectivity index (χ1n) is 10.9. The average Bonchev–Trinajstić information content (AvgIpc) is 3.45. The second kappa shape index (κ2) is 8.04. The number of pyridine rings is 2. The van der Waals surface area contributed by atoms with Gasteiger partial charge < -0.3 is 19.6 Å². The number of amides is 1. The summed E-state index contributed by atoms with van der Waals surface area (Å²) in [5.41, 5.74) is 3.66. The molecule has 0 aliphatic carbocycles. The van der Waals surface area contributed by atoms with E-state index in [1.54, 1.807) is 19.5 Å². The van der Waals surface area contributed by atoms with E-state index in [1.807, 2.05) is 71.4 Å². The van der Waals surface area contributed by atoms with Crippen LogP contribution in [0.1, 0.15) is 0 Å². The number of anilines is 1. The number of aromatic amines is 1. The summed E-state index contributed by atoms with van der Waals surface area (Å²) in [6, 6.07) is 21.7. The van der Waals surface area contributed by atoms with Gasteiger partial charge in [-0.25, -0.2) is 9.97 Å². The third kappa shape index (κ3) is 3.44. The van der Waals surface area contributed by atoms with Crippen LogP contribution in [0.4, 0.5) is 5.82 Å². The minimum atomic E-state index is -0.151. The largest absolute Gasteiger partial charge is 0.497 e. The molecular formula is C27H21N5O2.